The summed E-state index contributed by atoms with van der Waals surface area (Å²) in [6, 6.07) is 16.0. The molecule has 36 heavy (non-hydrogen) atoms. The summed E-state index contributed by atoms with van der Waals surface area (Å²) in [5.41, 5.74) is 4.16. The number of carbonyl (C=O) groups is 1. The molecule has 0 aliphatic carbocycles. The van der Waals surface area contributed by atoms with Gasteiger partial charge in [0.1, 0.15) is 5.75 Å². The highest BCUT2D eigenvalue weighted by atomic mass is 16.5. The fourth-order valence-electron chi connectivity index (χ4n) is 3.78. The number of morpholine rings is 2. The van der Waals surface area contributed by atoms with Crippen molar-refractivity contribution in [1.29, 1.82) is 0 Å². The van der Waals surface area contributed by atoms with Gasteiger partial charge in [0, 0.05) is 26.2 Å². The van der Waals surface area contributed by atoms with E-state index in [2.05, 4.69) is 35.3 Å². The average molecular weight is 490 g/mol. The number of aromatic nitrogens is 3. The van der Waals surface area contributed by atoms with Crippen molar-refractivity contribution in [2.75, 3.05) is 67.8 Å². The number of nitrogens with one attached hydrogen (secondary N) is 1. The number of hydrogen-bond donors (Lipinski definition) is 1. The average Bonchev–Trinajstić information content (AvgIpc) is 2.94. The van der Waals surface area contributed by atoms with Gasteiger partial charge in [0.15, 0.2) is 0 Å². The molecule has 0 atom stereocenters. The fraction of sp³-hybridized carbons (Fsp3) is 0.320. The second-order valence-corrected chi connectivity index (χ2v) is 8.16. The summed E-state index contributed by atoms with van der Waals surface area (Å²) in [4.78, 5) is 30.3. The lowest BCUT2D eigenvalue weighted by Gasteiger charge is -2.30. The zero-order valence-electron chi connectivity index (χ0n) is 19.7. The van der Waals surface area contributed by atoms with E-state index in [1.807, 2.05) is 12.1 Å². The minimum Gasteiger partial charge on any atom is -0.423 e. The Morgan fingerprint density at radius 2 is 1.50 bits per heavy atom. The molecule has 2 aliphatic rings. The van der Waals surface area contributed by atoms with Crippen LogP contribution in [-0.4, -0.2) is 79.7 Å². The molecule has 3 heterocycles. The van der Waals surface area contributed by atoms with E-state index in [0.717, 1.165) is 5.56 Å². The first kappa shape index (κ1) is 23.6. The van der Waals surface area contributed by atoms with Gasteiger partial charge in [0.05, 0.1) is 38.2 Å². The van der Waals surface area contributed by atoms with Crippen LogP contribution in [0.2, 0.25) is 0 Å². The Hall–Kier alpha value is -4.09. The van der Waals surface area contributed by atoms with E-state index in [1.165, 1.54) is 0 Å². The van der Waals surface area contributed by atoms with Gasteiger partial charge in [-0.25, -0.2) is 10.2 Å². The van der Waals surface area contributed by atoms with Crippen molar-refractivity contribution >= 4 is 30.0 Å². The van der Waals surface area contributed by atoms with Crippen LogP contribution in [-0.2, 0) is 9.47 Å². The number of anilines is 3. The number of ether oxygens (including phenoxy) is 3. The van der Waals surface area contributed by atoms with Crippen LogP contribution in [0.1, 0.15) is 15.9 Å². The summed E-state index contributed by atoms with van der Waals surface area (Å²) in [7, 11) is 0. The third-order valence-electron chi connectivity index (χ3n) is 5.66. The highest BCUT2D eigenvalue weighted by molar-refractivity contribution is 5.91. The van der Waals surface area contributed by atoms with Gasteiger partial charge in [-0.15, -0.1) is 0 Å². The summed E-state index contributed by atoms with van der Waals surface area (Å²) < 4.78 is 16.4. The molecule has 1 N–H and O–H groups in total. The Morgan fingerprint density at radius 3 is 2.14 bits per heavy atom. The third kappa shape index (κ3) is 6.12. The van der Waals surface area contributed by atoms with E-state index in [4.69, 9.17) is 14.2 Å². The minimum absolute atomic E-state index is 0.343. The number of carbonyl (C=O) groups excluding carboxylic acids is 1. The Balaban J connectivity index is 1.29. The van der Waals surface area contributed by atoms with Crippen LogP contribution in [0.15, 0.2) is 59.7 Å². The summed E-state index contributed by atoms with van der Waals surface area (Å²) in [6.45, 7) is 5.37. The van der Waals surface area contributed by atoms with Gasteiger partial charge in [-0.3, -0.25) is 0 Å². The lowest BCUT2D eigenvalue weighted by molar-refractivity contribution is 0.0734. The van der Waals surface area contributed by atoms with Crippen LogP contribution in [0.4, 0.5) is 17.8 Å². The molecule has 0 unspecified atom stereocenters. The second kappa shape index (κ2) is 11.6. The van der Waals surface area contributed by atoms with Gasteiger partial charge in [-0.05, 0) is 29.8 Å². The molecule has 186 valence electrons. The van der Waals surface area contributed by atoms with Crippen LogP contribution < -0.4 is 20.0 Å². The van der Waals surface area contributed by atoms with E-state index >= 15 is 0 Å². The van der Waals surface area contributed by atoms with Gasteiger partial charge in [0.25, 0.3) is 0 Å². The second-order valence-electron chi connectivity index (χ2n) is 8.16. The largest absolute Gasteiger partial charge is 0.423 e. The number of hydrogen-bond acceptors (Lipinski definition) is 11. The van der Waals surface area contributed by atoms with Crippen LogP contribution in [0, 0.1) is 0 Å². The Labute approximate surface area is 208 Å². The van der Waals surface area contributed by atoms with Crippen molar-refractivity contribution in [3.05, 3.63) is 65.7 Å². The molecule has 0 amide bonds. The smallest absolute Gasteiger partial charge is 0.343 e. The monoisotopic (exact) mass is 489 g/mol. The van der Waals surface area contributed by atoms with E-state index in [1.54, 1.807) is 48.7 Å². The van der Waals surface area contributed by atoms with Crippen LogP contribution >= 0.6 is 0 Å². The van der Waals surface area contributed by atoms with Crippen LogP contribution in [0.5, 0.6) is 5.75 Å². The minimum atomic E-state index is -0.417. The molecule has 2 aliphatic heterocycles. The number of nitrogens with zero attached hydrogens (tertiary/aromatic N) is 6. The van der Waals surface area contributed by atoms with Gasteiger partial charge >= 0.3 is 5.97 Å². The number of esters is 1. The molecule has 3 aromatic rings. The van der Waals surface area contributed by atoms with Crippen molar-refractivity contribution in [1.82, 2.24) is 15.0 Å². The molecular weight excluding hydrogens is 462 g/mol. The van der Waals surface area contributed by atoms with Crippen LogP contribution in [0.3, 0.4) is 0 Å². The predicted molar refractivity (Wildman–Crippen MR) is 135 cm³/mol. The quantitative estimate of drug-likeness (QED) is 0.229. The molecule has 5 rings (SSSR count). The number of rotatable bonds is 7. The highest BCUT2D eigenvalue weighted by Crippen LogP contribution is 2.19. The van der Waals surface area contributed by atoms with E-state index in [9.17, 15) is 4.79 Å². The summed E-state index contributed by atoms with van der Waals surface area (Å²) in [5, 5.41) is 4.31. The molecule has 2 aromatic carbocycles. The number of hydrazone groups is 1. The van der Waals surface area contributed by atoms with E-state index < -0.39 is 5.97 Å². The maximum Gasteiger partial charge on any atom is 0.343 e. The van der Waals surface area contributed by atoms with Crippen molar-refractivity contribution in [3.63, 3.8) is 0 Å². The Morgan fingerprint density at radius 1 is 0.861 bits per heavy atom. The van der Waals surface area contributed by atoms with E-state index in [-0.39, 0.29) is 0 Å². The molecule has 0 radical (unpaired) electrons. The summed E-state index contributed by atoms with van der Waals surface area (Å²) in [6.07, 6.45) is 1.62. The molecular formula is C25H27N7O4. The fourth-order valence-corrected chi connectivity index (χ4v) is 3.78. The third-order valence-corrected chi connectivity index (χ3v) is 5.66. The van der Waals surface area contributed by atoms with Crippen molar-refractivity contribution in [3.8, 4) is 5.75 Å². The highest BCUT2D eigenvalue weighted by Gasteiger charge is 2.20. The van der Waals surface area contributed by atoms with Gasteiger partial charge in [-0.2, -0.15) is 20.1 Å². The van der Waals surface area contributed by atoms with Crippen LogP contribution in [0.25, 0.3) is 0 Å². The molecule has 0 spiro atoms. The maximum atomic E-state index is 12.3. The van der Waals surface area contributed by atoms with Gasteiger partial charge in [0.2, 0.25) is 17.8 Å². The Kier molecular flexibility index (Phi) is 7.59. The normalized spacial score (nSPS) is 16.2. The van der Waals surface area contributed by atoms with Crippen molar-refractivity contribution < 1.29 is 19.0 Å². The molecule has 1 aromatic heterocycles. The first-order valence-electron chi connectivity index (χ1n) is 11.8. The SMILES string of the molecule is O=C(Oc1cccc(C=NNc2nc(N3CCOCC3)nc(N3CCOCC3)n2)c1)c1ccccc1. The first-order chi connectivity index (χ1) is 17.7. The lowest BCUT2D eigenvalue weighted by atomic mass is 10.2. The zero-order chi connectivity index (χ0) is 24.6. The van der Waals surface area contributed by atoms with E-state index in [0.29, 0.717) is 81.8 Å². The lowest BCUT2D eigenvalue weighted by Crippen LogP contribution is -2.40. The van der Waals surface area contributed by atoms with Crippen molar-refractivity contribution in [2.24, 2.45) is 5.10 Å². The van der Waals surface area contributed by atoms with Gasteiger partial charge in [-0.1, -0.05) is 30.3 Å². The molecule has 0 bridgehead atoms. The maximum absolute atomic E-state index is 12.3. The molecule has 11 heteroatoms. The molecule has 2 fully saturated rings. The van der Waals surface area contributed by atoms with Gasteiger partial charge < -0.3 is 24.0 Å². The zero-order valence-corrected chi connectivity index (χ0v) is 19.7. The summed E-state index contributed by atoms with van der Waals surface area (Å²) in [5.74, 6) is 1.52. The Bertz CT molecular complexity index is 1160. The summed E-state index contributed by atoms with van der Waals surface area (Å²) >= 11 is 0. The first-order valence-corrected chi connectivity index (χ1v) is 11.8. The molecule has 0 saturated carbocycles. The van der Waals surface area contributed by atoms with Crippen molar-refractivity contribution in [2.45, 2.75) is 0 Å². The molecule has 2 saturated heterocycles. The molecule has 11 nitrogen and oxygen atoms in total. The predicted octanol–water partition coefficient (Wildman–Crippen LogP) is 2.21. The number of benzene rings is 2. The topological polar surface area (TPSA) is 114 Å². The standard InChI is InChI=1S/C25H27N7O4/c33-22(20-6-2-1-3-7-20)36-21-8-4-5-19(17-21)18-26-30-23-27-24(31-9-13-34-14-10-31)29-25(28-23)32-11-15-35-16-12-32/h1-8,17-18H,9-16H2,(H,27,28,29,30).